The topological polar surface area (TPSA) is 90.3 Å². The number of esters is 1. The van der Waals surface area contributed by atoms with Crippen LogP contribution in [0.25, 0.3) is 10.8 Å². The van der Waals surface area contributed by atoms with Crippen LogP contribution in [0.2, 0.25) is 0 Å². The summed E-state index contributed by atoms with van der Waals surface area (Å²) in [5.41, 5.74) is 0.523. The van der Waals surface area contributed by atoms with Gasteiger partial charge in [0.25, 0.3) is 5.56 Å². The standard InChI is InChI=1S/C20H19N3O4/c1-27-20(26)17(11-14-7-3-2-4-8-14)22-18(24)13-23-19(25)16-10-6-5-9-15(16)12-21-23/h2-10,12,17H,11,13H2,1H3,(H,22,24)/t17-/m0/s1. The van der Waals surface area contributed by atoms with E-state index in [2.05, 4.69) is 10.4 Å². The van der Waals surface area contributed by atoms with Gasteiger partial charge in [0.05, 0.1) is 18.7 Å². The van der Waals surface area contributed by atoms with E-state index in [4.69, 9.17) is 4.74 Å². The maximum absolute atomic E-state index is 12.5. The van der Waals surface area contributed by atoms with Crippen LogP contribution in [0.4, 0.5) is 0 Å². The fraction of sp³-hybridized carbons (Fsp3) is 0.200. The Labute approximate surface area is 155 Å². The minimum absolute atomic E-state index is 0.286. The highest BCUT2D eigenvalue weighted by atomic mass is 16.5. The number of ether oxygens (including phenoxy) is 1. The molecule has 2 aromatic carbocycles. The van der Waals surface area contributed by atoms with Gasteiger partial charge in [-0.2, -0.15) is 5.10 Å². The van der Waals surface area contributed by atoms with Crippen molar-refractivity contribution in [3.05, 3.63) is 76.7 Å². The fourth-order valence-corrected chi connectivity index (χ4v) is 2.80. The maximum Gasteiger partial charge on any atom is 0.328 e. The number of methoxy groups -OCH3 is 1. The molecular weight excluding hydrogens is 346 g/mol. The van der Waals surface area contributed by atoms with E-state index in [1.165, 1.54) is 13.3 Å². The lowest BCUT2D eigenvalue weighted by Crippen LogP contribution is -2.45. The lowest BCUT2D eigenvalue weighted by molar-refractivity contribution is -0.145. The fourth-order valence-electron chi connectivity index (χ4n) is 2.80. The van der Waals surface area contributed by atoms with Crippen LogP contribution in [-0.4, -0.2) is 34.8 Å². The Kier molecular flexibility index (Phi) is 5.61. The lowest BCUT2D eigenvalue weighted by atomic mass is 10.1. The molecule has 0 radical (unpaired) electrons. The number of aromatic nitrogens is 2. The van der Waals surface area contributed by atoms with Crippen molar-refractivity contribution in [3.8, 4) is 0 Å². The summed E-state index contributed by atoms with van der Waals surface area (Å²) in [7, 11) is 1.27. The second-order valence-electron chi connectivity index (χ2n) is 6.03. The molecule has 0 spiro atoms. The first-order valence-corrected chi connectivity index (χ1v) is 8.44. The Hall–Kier alpha value is -3.48. The van der Waals surface area contributed by atoms with Crippen LogP contribution in [-0.2, 0) is 27.3 Å². The Morgan fingerprint density at radius 3 is 2.56 bits per heavy atom. The Morgan fingerprint density at radius 1 is 1.11 bits per heavy atom. The molecule has 27 heavy (non-hydrogen) atoms. The summed E-state index contributed by atoms with van der Waals surface area (Å²) in [6.45, 7) is -0.286. The molecule has 0 fully saturated rings. The van der Waals surface area contributed by atoms with Crippen molar-refractivity contribution in [3.63, 3.8) is 0 Å². The molecule has 7 nitrogen and oxygen atoms in total. The third-order valence-electron chi connectivity index (χ3n) is 4.16. The van der Waals surface area contributed by atoms with Crippen LogP contribution in [0.5, 0.6) is 0 Å². The predicted octanol–water partition coefficient (Wildman–Crippen LogP) is 1.30. The molecule has 1 aromatic heterocycles. The van der Waals surface area contributed by atoms with E-state index in [1.807, 2.05) is 36.4 Å². The second-order valence-corrected chi connectivity index (χ2v) is 6.03. The first kappa shape index (κ1) is 18.3. The zero-order chi connectivity index (χ0) is 19.2. The van der Waals surface area contributed by atoms with Crippen molar-refractivity contribution < 1.29 is 14.3 Å². The summed E-state index contributed by atoms with van der Waals surface area (Å²) in [5.74, 6) is -1.04. The van der Waals surface area contributed by atoms with E-state index in [9.17, 15) is 14.4 Å². The third kappa shape index (κ3) is 4.38. The van der Waals surface area contributed by atoms with E-state index in [0.717, 1.165) is 10.2 Å². The summed E-state index contributed by atoms with van der Waals surface area (Å²) in [6, 6.07) is 15.5. The van der Waals surface area contributed by atoms with Gasteiger partial charge in [-0.05, 0) is 11.6 Å². The number of amides is 1. The van der Waals surface area contributed by atoms with Gasteiger partial charge in [0, 0.05) is 11.8 Å². The number of hydrogen-bond acceptors (Lipinski definition) is 5. The normalized spacial score (nSPS) is 11.7. The maximum atomic E-state index is 12.5. The highest BCUT2D eigenvalue weighted by molar-refractivity contribution is 5.85. The summed E-state index contributed by atoms with van der Waals surface area (Å²) >= 11 is 0. The SMILES string of the molecule is COC(=O)[C@H](Cc1ccccc1)NC(=O)Cn1ncc2ccccc2c1=O. The summed E-state index contributed by atoms with van der Waals surface area (Å²) in [5, 5.41) is 7.84. The van der Waals surface area contributed by atoms with Crippen LogP contribution in [0, 0.1) is 0 Å². The predicted molar refractivity (Wildman–Crippen MR) is 100 cm³/mol. The molecule has 0 aliphatic heterocycles. The van der Waals surface area contributed by atoms with E-state index < -0.39 is 17.9 Å². The van der Waals surface area contributed by atoms with Gasteiger partial charge in [-0.15, -0.1) is 0 Å². The van der Waals surface area contributed by atoms with Crippen LogP contribution >= 0.6 is 0 Å². The molecule has 1 amide bonds. The largest absolute Gasteiger partial charge is 0.467 e. The minimum atomic E-state index is -0.846. The molecule has 1 atom stereocenters. The Bertz CT molecular complexity index is 1010. The Morgan fingerprint density at radius 2 is 1.81 bits per heavy atom. The highest BCUT2D eigenvalue weighted by Gasteiger charge is 2.22. The van der Waals surface area contributed by atoms with E-state index >= 15 is 0 Å². The number of benzene rings is 2. The Balaban J connectivity index is 1.75. The van der Waals surface area contributed by atoms with E-state index in [1.54, 1.807) is 18.2 Å². The minimum Gasteiger partial charge on any atom is -0.467 e. The van der Waals surface area contributed by atoms with Crippen molar-refractivity contribution in [1.82, 2.24) is 15.1 Å². The number of fused-ring (bicyclic) bond motifs is 1. The molecular formula is C20H19N3O4. The molecule has 0 saturated heterocycles. The quantitative estimate of drug-likeness (QED) is 0.665. The van der Waals surface area contributed by atoms with Crippen LogP contribution in [0.3, 0.4) is 0 Å². The molecule has 3 rings (SSSR count). The summed E-state index contributed by atoms with van der Waals surface area (Å²) in [4.78, 5) is 36.9. The summed E-state index contributed by atoms with van der Waals surface area (Å²) < 4.78 is 5.86. The van der Waals surface area contributed by atoms with Gasteiger partial charge in [0.15, 0.2) is 0 Å². The van der Waals surface area contributed by atoms with Crippen molar-refractivity contribution in [2.24, 2.45) is 0 Å². The lowest BCUT2D eigenvalue weighted by Gasteiger charge is -2.17. The van der Waals surface area contributed by atoms with Gasteiger partial charge in [-0.25, -0.2) is 9.48 Å². The van der Waals surface area contributed by atoms with Gasteiger partial charge >= 0.3 is 5.97 Å². The van der Waals surface area contributed by atoms with Gasteiger partial charge in [0.2, 0.25) is 5.91 Å². The van der Waals surface area contributed by atoms with Crippen LogP contribution in [0.15, 0.2) is 65.6 Å². The molecule has 138 valence electrons. The average Bonchev–Trinajstić information content (AvgIpc) is 2.70. The highest BCUT2D eigenvalue weighted by Crippen LogP contribution is 2.07. The van der Waals surface area contributed by atoms with Crippen LogP contribution in [0.1, 0.15) is 5.56 Å². The van der Waals surface area contributed by atoms with Gasteiger partial charge < -0.3 is 10.1 Å². The number of rotatable bonds is 6. The molecule has 1 N–H and O–H groups in total. The molecule has 0 unspecified atom stereocenters. The van der Waals surface area contributed by atoms with Crippen molar-refractivity contribution in [2.45, 2.75) is 19.0 Å². The van der Waals surface area contributed by atoms with Gasteiger partial charge in [-0.3, -0.25) is 9.59 Å². The second kappa shape index (κ2) is 8.27. The molecule has 7 heteroatoms. The first-order chi connectivity index (χ1) is 13.1. The number of carbonyl (C=O) groups excluding carboxylic acids is 2. The molecule has 1 heterocycles. The molecule has 3 aromatic rings. The van der Waals surface area contributed by atoms with Crippen molar-refractivity contribution in [2.75, 3.05) is 7.11 Å². The van der Waals surface area contributed by atoms with Crippen molar-refractivity contribution >= 4 is 22.6 Å². The van der Waals surface area contributed by atoms with E-state index in [-0.39, 0.29) is 12.1 Å². The number of nitrogens with zero attached hydrogens (tertiary/aromatic N) is 2. The number of nitrogens with one attached hydrogen (secondary N) is 1. The first-order valence-electron chi connectivity index (χ1n) is 8.44. The van der Waals surface area contributed by atoms with Gasteiger partial charge in [-0.1, -0.05) is 48.5 Å². The monoisotopic (exact) mass is 365 g/mol. The van der Waals surface area contributed by atoms with Crippen LogP contribution < -0.4 is 10.9 Å². The number of hydrogen-bond donors (Lipinski definition) is 1. The van der Waals surface area contributed by atoms with Crippen molar-refractivity contribution in [1.29, 1.82) is 0 Å². The third-order valence-corrected chi connectivity index (χ3v) is 4.16. The molecule has 0 aliphatic rings. The van der Waals surface area contributed by atoms with Gasteiger partial charge in [0.1, 0.15) is 12.6 Å². The smallest absolute Gasteiger partial charge is 0.328 e. The molecule has 0 bridgehead atoms. The molecule has 0 saturated carbocycles. The zero-order valence-electron chi connectivity index (χ0n) is 14.8. The van der Waals surface area contributed by atoms with E-state index in [0.29, 0.717) is 17.2 Å². The zero-order valence-corrected chi connectivity index (χ0v) is 14.8. The number of carbonyl (C=O) groups is 2. The average molecular weight is 365 g/mol. The molecule has 0 aliphatic carbocycles. The summed E-state index contributed by atoms with van der Waals surface area (Å²) in [6.07, 6.45) is 1.82.